The van der Waals surface area contributed by atoms with Gasteiger partial charge in [-0.15, -0.1) is 0 Å². The predicted octanol–water partition coefficient (Wildman–Crippen LogP) is 5.33. The lowest BCUT2D eigenvalue weighted by Gasteiger charge is -2.46. The quantitative estimate of drug-likeness (QED) is 0.322. The predicted molar refractivity (Wildman–Crippen MR) is 145 cm³/mol. The molecule has 5 aromatic rings. The molecule has 164 valence electrons. The van der Waals surface area contributed by atoms with Crippen molar-refractivity contribution < 1.29 is 0 Å². The van der Waals surface area contributed by atoms with Crippen LogP contribution in [0.5, 0.6) is 0 Å². The number of hydrogen-bond acceptors (Lipinski definition) is 5. The summed E-state index contributed by atoms with van der Waals surface area (Å²) in [6.45, 7) is 2.12. The van der Waals surface area contributed by atoms with Crippen LogP contribution in [0.4, 0.5) is 34.1 Å². The number of nitrogens with zero attached hydrogens (tertiary/aromatic N) is 4. The van der Waals surface area contributed by atoms with Crippen LogP contribution in [0.15, 0.2) is 107 Å². The van der Waals surface area contributed by atoms with Crippen molar-refractivity contribution in [2.45, 2.75) is 16.7 Å². The lowest BCUT2D eigenvalue weighted by atomic mass is 9.33. The first kappa shape index (κ1) is 19.3. The molecule has 0 saturated carbocycles. The van der Waals surface area contributed by atoms with Crippen molar-refractivity contribution in [2.24, 2.45) is 0 Å². The second kappa shape index (κ2) is 7.00. The van der Waals surface area contributed by atoms with Crippen LogP contribution >= 0.6 is 11.8 Å². The standard InChI is InChI=1S/C29H19BN4S/c1-18-31-16-20(17-32-18)34-22-11-5-10-21-27(22)30-28-23(33(21)19-8-3-2-4-9-19)12-6-14-25(28)35-26-15-7-13-24(34)29(26)30/h2-17H,1H3. The van der Waals surface area contributed by atoms with E-state index >= 15 is 0 Å². The van der Waals surface area contributed by atoms with Crippen LogP contribution < -0.4 is 26.2 Å². The van der Waals surface area contributed by atoms with Crippen LogP contribution in [0, 0.1) is 6.92 Å². The maximum atomic E-state index is 4.54. The van der Waals surface area contributed by atoms with E-state index in [2.05, 4.69) is 105 Å². The maximum Gasteiger partial charge on any atom is 0.255 e. The lowest BCUT2D eigenvalue weighted by Crippen LogP contribution is -2.63. The summed E-state index contributed by atoms with van der Waals surface area (Å²) < 4.78 is 0. The molecule has 0 N–H and O–H groups in total. The van der Waals surface area contributed by atoms with Gasteiger partial charge in [0.15, 0.2) is 0 Å². The van der Waals surface area contributed by atoms with Crippen molar-refractivity contribution >= 4 is 69.0 Å². The van der Waals surface area contributed by atoms with Gasteiger partial charge in [-0.05, 0) is 71.8 Å². The molecular formula is C29H19BN4S. The van der Waals surface area contributed by atoms with Gasteiger partial charge in [0.05, 0.1) is 18.1 Å². The van der Waals surface area contributed by atoms with Gasteiger partial charge >= 0.3 is 0 Å². The van der Waals surface area contributed by atoms with E-state index in [9.17, 15) is 0 Å². The Kier molecular flexibility index (Phi) is 3.86. The Morgan fingerprint density at radius 3 is 1.69 bits per heavy atom. The molecule has 0 spiro atoms. The van der Waals surface area contributed by atoms with Crippen LogP contribution in [0.1, 0.15) is 5.82 Å². The molecule has 0 saturated heterocycles. The second-order valence-corrected chi connectivity index (χ2v) is 10.2. The third kappa shape index (κ3) is 2.55. The summed E-state index contributed by atoms with van der Waals surface area (Å²) in [7, 11) is 0. The van der Waals surface area contributed by atoms with Gasteiger partial charge in [-0.1, -0.05) is 48.2 Å². The van der Waals surface area contributed by atoms with Crippen LogP contribution in [-0.2, 0) is 0 Å². The van der Waals surface area contributed by atoms with Gasteiger partial charge in [0, 0.05) is 38.2 Å². The van der Waals surface area contributed by atoms with Crippen molar-refractivity contribution in [3.05, 3.63) is 103 Å². The van der Waals surface area contributed by atoms with Gasteiger partial charge in [0.2, 0.25) is 0 Å². The third-order valence-corrected chi connectivity index (χ3v) is 8.39. The van der Waals surface area contributed by atoms with Crippen molar-refractivity contribution in [1.82, 2.24) is 9.97 Å². The molecule has 6 heteroatoms. The fourth-order valence-electron chi connectivity index (χ4n) is 5.89. The highest BCUT2D eigenvalue weighted by Gasteiger charge is 2.47. The summed E-state index contributed by atoms with van der Waals surface area (Å²) in [4.78, 5) is 16.5. The van der Waals surface area contributed by atoms with E-state index in [1.807, 2.05) is 31.1 Å². The van der Waals surface area contributed by atoms with Crippen LogP contribution in [0.2, 0.25) is 0 Å². The molecule has 3 aliphatic rings. The maximum absolute atomic E-state index is 4.54. The highest BCUT2D eigenvalue weighted by atomic mass is 32.2. The van der Waals surface area contributed by atoms with Gasteiger partial charge in [-0.3, -0.25) is 0 Å². The normalized spacial score (nSPS) is 14.1. The number of anilines is 6. The van der Waals surface area contributed by atoms with E-state index in [-0.39, 0.29) is 6.71 Å². The SMILES string of the molecule is Cc1ncc(N2c3cccc4c3B3c5c(cccc5N(c5ccccc5)c5cccc2c53)S4)cn1. The van der Waals surface area contributed by atoms with E-state index in [1.54, 1.807) is 0 Å². The first-order valence-electron chi connectivity index (χ1n) is 11.8. The summed E-state index contributed by atoms with van der Waals surface area (Å²) in [6, 6.07) is 30.8. The van der Waals surface area contributed by atoms with E-state index in [0.29, 0.717) is 0 Å². The monoisotopic (exact) mass is 466 g/mol. The topological polar surface area (TPSA) is 32.3 Å². The fourth-order valence-corrected chi connectivity index (χ4v) is 7.08. The smallest absolute Gasteiger partial charge is 0.255 e. The summed E-state index contributed by atoms with van der Waals surface area (Å²) >= 11 is 1.88. The first-order chi connectivity index (χ1) is 17.3. The molecule has 0 amide bonds. The van der Waals surface area contributed by atoms with Crippen molar-refractivity contribution in [3.8, 4) is 0 Å². The minimum absolute atomic E-state index is 0.197. The Morgan fingerprint density at radius 1 is 0.571 bits per heavy atom. The van der Waals surface area contributed by atoms with Gasteiger partial charge in [-0.25, -0.2) is 9.97 Å². The second-order valence-electron chi connectivity index (χ2n) is 9.12. The Labute approximate surface area is 208 Å². The van der Waals surface area contributed by atoms with E-state index < -0.39 is 0 Å². The van der Waals surface area contributed by atoms with Crippen LogP contribution in [0.25, 0.3) is 0 Å². The van der Waals surface area contributed by atoms with Gasteiger partial charge in [-0.2, -0.15) is 0 Å². The number of benzene rings is 4. The van der Waals surface area contributed by atoms with Crippen molar-refractivity contribution in [2.75, 3.05) is 9.80 Å². The fraction of sp³-hybridized carbons (Fsp3) is 0.0345. The molecule has 35 heavy (non-hydrogen) atoms. The molecule has 3 aliphatic heterocycles. The number of para-hydroxylation sites is 1. The summed E-state index contributed by atoms with van der Waals surface area (Å²) in [5, 5.41) is 0. The van der Waals surface area contributed by atoms with Gasteiger partial charge in [0.1, 0.15) is 5.82 Å². The minimum atomic E-state index is 0.197. The van der Waals surface area contributed by atoms with E-state index in [4.69, 9.17) is 0 Å². The average molecular weight is 466 g/mol. The molecule has 0 unspecified atom stereocenters. The summed E-state index contributed by atoms with van der Waals surface area (Å²) in [5.74, 6) is 0.776. The Bertz CT molecular complexity index is 1650. The van der Waals surface area contributed by atoms with Gasteiger partial charge < -0.3 is 9.80 Å². The molecule has 4 aromatic carbocycles. The largest absolute Gasteiger partial charge is 0.311 e. The first-order valence-corrected chi connectivity index (χ1v) is 12.6. The molecular weight excluding hydrogens is 447 g/mol. The van der Waals surface area contributed by atoms with E-state index in [0.717, 1.165) is 11.5 Å². The van der Waals surface area contributed by atoms with Crippen molar-refractivity contribution in [1.29, 1.82) is 0 Å². The summed E-state index contributed by atoms with van der Waals surface area (Å²) in [5.41, 5.74) is 11.2. The Morgan fingerprint density at radius 2 is 1.09 bits per heavy atom. The highest BCUT2D eigenvalue weighted by Crippen LogP contribution is 2.47. The third-order valence-electron chi connectivity index (χ3n) is 7.24. The molecule has 4 heterocycles. The lowest BCUT2D eigenvalue weighted by molar-refractivity contribution is 1.04. The number of aromatic nitrogens is 2. The molecule has 4 nitrogen and oxygen atoms in total. The summed E-state index contributed by atoms with van der Waals surface area (Å²) in [6.07, 6.45) is 3.88. The highest BCUT2D eigenvalue weighted by molar-refractivity contribution is 8.00. The Balaban J connectivity index is 1.50. The zero-order valence-corrected chi connectivity index (χ0v) is 19.8. The zero-order valence-electron chi connectivity index (χ0n) is 19.0. The van der Waals surface area contributed by atoms with Gasteiger partial charge in [0.25, 0.3) is 6.71 Å². The van der Waals surface area contributed by atoms with Crippen molar-refractivity contribution in [3.63, 3.8) is 0 Å². The number of rotatable bonds is 2. The molecule has 0 aliphatic carbocycles. The van der Waals surface area contributed by atoms with E-state index in [1.165, 1.54) is 54.6 Å². The number of hydrogen-bond donors (Lipinski definition) is 0. The average Bonchev–Trinajstić information content (AvgIpc) is 2.90. The molecule has 0 radical (unpaired) electrons. The Hall–Kier alpha value is -4.03. The van der Waals surface area contributed by atoms with Crippen LogP contribution in [0.3, 0.4) is 0 Å². The molecule has 8 rings (SSSR count). The minimum Gasteiger partial charge on any atom is -0.311 e. The molecule has 1 aromatic heterocycles. The molecule has 0 atom stereocenters. The molecule has 0 fully saturated rings. The zero-order chi connectivity index (χ0) is 23.1. The molecule has 0 bridgehead atoms. The van der Waals surface area contributed by atoms with Crippen LogP contribution in [-0.4, -0.2) is 16.7 Å². The number of aryl methyl sites for hydroxylation is 1.